The molecule has 156 valence electrons. The van der Waals surface area contributed by atoms with Gasteiger partial charge in [0.1, 0.15) is 17.4 Å². The van der Waals surface area contributed by atoms with E-state index < -0.39 is 17.7 Å². The predicted octanol–water partition coefficient (Wildman–Crippen LogP) is 4.36. The minimum absolute atomic E-state index is 0.0698. The summed E-state index contributed by atoms with van der Waals surface area (Å²) in [5.41, 5.74) is 0.923. The second-order valence-electron chi connectivity index (χ2n) is 8.02. The number of ether oxygens (including phenoxy) is 2. The van der Waals surface area contributed by atoms with E-state index in [2.05, 4.69) is 10.6 Å². The first-order chi connectivity index (χ1) is 13.6. The van der Waals surface area contributed by atoms with Crippen LogP contribution in [0, 0.1) is 0 Å². The van der Waals surface area contributed by atoms with Crippen molar-refractivity contribution in [2.75, 3.05) is 0 Å². The largest absolute Gasteiger partial charge is 0.491 e. The van der Waals surface area contributed by atoms with Gasteiger partial charge in [-0.3, -0.25) is 4.79 Å². The highest BCUT2D eigenvalue weighted by Gasteiger charge is 2.25. The Morgan fingerprint density at radius 3 is 2.31 bits per heavy atom. The van der Waals surface area contributed by atoms with Gasteiger partial charge in [-0.15, -0.1) is 0 Å². The lowest BCUT2D eigenvalue weighted by atomic mass is 10.1. The summed E-state index contributed by atoms with van der Waals surface area (Å²) in [5, 5.41) is 5.55. The van der Waals surface area contributed by atoms with E-state index in [1.165, 1.54) is 0 Å². The molecule has 2 rings (SSSR count). The van der Waals surface area contributed by atoms with Crippen LogP contribution in [0.1, 0.15) is 51.8 Å². The molecule has 0 aliphatic carbocycles. The van der Waals surface area contributed by atoms with Gasteiger partial charge in [0.2, 0.25) is 5.91 Å². The summed E-state index contributed by atoms with van der Waals surface area (Å²) >= 11 is 0. The molecule has 2 aromatic rings. The van der Waals surface area contributed by atoms with E-state index in [0.717, 1.165) is 11.3 Å². The maximum atomic E-state index is 12.9. The third-order valence-corrected chi connectivity index (χ3v) is 3.79. The van der Waals surface area contributed by atoms with E-state index in [-0.39, 0.29) is 12.0 Å². The van der Waals surface area contributed by atoms with Crippen LogP contribution in [0.25, 0.3) is 0 Å². The summed E-state index contributed by atoms with van der Waals surface area (Å²) in [4.78, 5) is 25.1. The molecule has 0 saturated heterocycles. The number of benzene rings is 2. The smallest absolute Gasteiger partial charge is 0.408 e. The van der Waals surface area contributed by atoms with Crippen LogP contribution in [0.15, 0.2) is 54.6 Å². The Balaban J connectivity index is 2.08. The topological polar surface area (TPSA) is 76.7 Å². The SMILES string of the molecule is CC(C)Oc1cccc(CNC(=O)[C@@H](NC(=O)OC(C)(C)C)c2ccccc2)c1. The quantitative estimate of drug-likeness (QED) is 0.727. The highest BCUT2D eigenvalue weighted by atomic mass is 16.6. The van der Waals surface area contributed by atoms with Crippen molar-refractivity contribution in [2.24, 2.45) is 0 Å². The molecule has 6 nitrogen and oxygen atoms in total. The van der Waals surface area contributed by atoms with E-state index in [9.17, 15) is 9.59 Å². The van der Waals surface area contributed by atoms with E-state index in [4.69, 9.17) is 9.47 Å². The van der Waals surface area contributed by atoms with E-state index in [1.54, 1.807) is 32.9 Å². The molecule has 0 radical (unpaired) electrons. The Kier molecular flexibility index (Phi) is 7.65. The van der Waals surface area contributed by atoms with Gasteiger partial charge in [-0.1, -0.05) is 42.5 Å². The molecule has 2 aromatic carbocycles. The second kappa shape index (κ2) is 9.96. The van der Waals surface area contributed by atoms with Gasteiger partial charge >= 0.3 is 6.09 Å². The number of hydrogen-bond acceptors (Lipinski definition) is 4. The summed E-state index contributed by atoms with van der Waals surface area (Å²) in [6.45, 7) is 9.55. The number of rotatable bonds is 7. The first-order valence-corrected chi connectivity index (χ1v) is 9.72. The molecule has 0 fully saturated rings. The Labute approximate surface area is 172 Å². The molecule has 0 saturated carbocycles. The third kappa shape index (κ3) is 7.86. The lowest BCUT2D eigenvalue weighted by Crippen LogP contribution is -2.42. The van der Waals surface area contributed by atoms with Gasteiger partial charge in [-0.05, 0) is 57.9 Å². The van der Waals surface area contributed by atoms with Gasteiger partial charge in [0.05, 0.1) is 6.10 Å². The van der Waals surface area contributed by atoms with Crippen LogP contribution in [-0.4, -0.2) is 23.7 Å². The van der Waals surface area contributed by atoms with Crippen LogP contribution < -0.4 is 15.4 Å². The lowest BCUT2D eigenvalue weighted by Gasteiger charge is -2.23. The highest BCUT2D eigenvalue weighted by molar-refractivity contribution is 5.86. The summed E-state index contributed by atoms with van der Waals surface area (Å²) in [6, 6.07) is 15.8. The summed E-state index contributed by atoms with van der Waals surface area (Å²) in [5.74, 6) is 0.426. The monoisotopic (exact) mass is 398 g/mol. The number of amides is 2. The first-order valence-electron chi connectivity index (χ1n) is 9.72. The fourth-order valence-corrected chi connectivity index (χ4v) is 2.66. The molecule has 0 aliphatic heterocycles. The number of carbonyl (C=O) groups is 2. The molecule has 6 heteroatoms. The van der Waals surface area contributed by atoms with Crippen molar-refractivity contribution < 1.29 is 19.1 Å². The van der Waals surface area contributed by atoms with Gasteiger partial charge in [-0.25, -0.2) is 4.79 Å². The zero-order chi connectivity index (χ0) is 21.4. The average Bonchev–Trinajstić information content (AvgIpc) is 2.63. The van der Waals surface area contributed by atoms with Crippen LogP contribution in [0.5, 0.6) is 5.75 Å². The molecule has 0 bridgehead atoms. The molecule has 29 heavy (non-hydrogen) atoms. The van der Waals surface area contributed by atoms with Gasteiger partial charge in [0, 0.05) is 6.54 Å². The molecule has 0 aliphatic rings. The Morgan fingerprint density at radius 2 is 1.69 bits per heavy atom. The molecule has 2 amide bonds. The number of hydrogen-bond donors (Lipinski definition) is 2. The van der Waals surface area contributed by atoms with Gasteiger partial charge < -0.3 is 20.1 Å². The van der Waals surface area contributed by atoms with Crippen molar-refractivity contribution in [2.45, 2.75) is 58.9 Å². The van der Waals surface area contributed by atoms with E-state index >= 15 is 0 Å². The maximum absolute atomic E-state index is 12.9. The molecule has 1 atom stereocenters. The zero-order valence-electron chi connectivity index (χ0n) is 17.7. The molecule has 0 heterocycles. The highest BCUT2D eigenvalue weighted by Crippen LogP contribution is 2.17. The summed E-state index contributed by atoms with van der Waals surface area (Å²) in [7, 11) is 0. The fraction of sp³-hybridized carbons (Fsp3) is 0.391. The molecular weight excluding hydrogens is 368 g/mol. The molecule has 0 unspecified atom stereocenters. The average molecular weight is 399 g/mol. The van der Waals surface area contributed by atoms with Crippen molar-refractivity contribution in [3.05, 3.63) is 65.7 Å². The van der Waals surface area contributed by atoms with Crippen molar-refractivity contribution in [3.8, 4) is 5.75 Å². The van der Waals surface area contributed by atoms with Crippen LogP contribution in [0.2, 0.25) is 0 Å². The van der Waals surface area contributed by atoms with Crippen LogP contribution >= 0.6 is 0 Å². The van der Waals surface area contributed by atoms with E-state index in [0.29, 0.717) is 12.1 Å². The lowest BCUT2D eigenvalue weighted by molar-refractivity contribution is -0.123. The standard InChI is InChI=1S/C23H30N2O4/c1-16(2)28-19-13-9-10-17(14-19)15-24-21(26)20(18-11-7-6-8-12-18)25-22(27)29-23(3,4)5/h6-14,16,20H,15H2,1-5H3,(H,24,26)(H,25,27)/t20-/m0/s1. The van der Waals surface area contributed by atoms with E-state index in [1.807, 2.05) is 56.3 Å². The number of carbonyl (C=O) groups excluding carboxylic acids is 2. The Hall–Kier alpha value is -3.02. The molecule has 0 spiro atoms. The van der Waals surface area contributed by atoms with Crippen LogP contribution in [0.4, 0.5) is 4.79 Å². The normalized spacial score (nSPS) is 12.2. The third-order valence-electron chi connectivity index (χ3n) is 3.79. The molecule has 0 aromatic heterocycles. The second-order valence-corrected chi connectivity index (χ2v) is 8.02. The van der Waals surface area contributed by atoms with Crippen molar-refractivity contribution in [1.82, 2.24) is 10.6 Å². The van der Waals surface area contributed by atoms with Crippen LogP contribution in [-0.2, 0) is 16.1 Å². The predicted molar refractivity (Wildman–Crippen MR) is 113 cm³/mol. The summed E-state index contributed by atoms with van der Waals surface area (Å²) in [6.07, 6.45) is -0.575. The zero-order valence-corrected chi connectivity index (χ0v) is 17.7. The molecule has 2 N–H and O–H groups in total. The summed E-state index contributed by atoms with van der Waals surface area (Å²) < 4.78 is 11.0. The maximum Gasteiger partial charge on any atom is 0.408 e. The van der Waals surface area contributed by atoms with Crippen molar-refractivity contribution in [3.63, 3.8) is 0 Å². The van der Waals surface area contributed by atoms with Crippen molar-refractivity contribution >= 4 is 12.0 Å². The van der Waals surface area contributed by atoms with Crippen molar-refractivity contribution in [1.29, 1.82) is 0 Å². The Morgan fingerprint density at radius 1 is 1.00 bits per heavy atom. The van der Waals surface area contributed by atoms with Gasteiger partial charge in [0.25, 0.3) is 0 Å². The minimum Gasteiger partial charge on any atom is -0.491 e. The molecular formula is C23H30N2O4. The van der Waals surface area contributed by atoms with Gasteiger partial charge in [-0.2, -0.15) is 0 Å². The van der Waals surface area contributed by atoms with Gasteiger partial charge in [0.15, 0.2) is 0 Å². The van der Waals surface area contributed by atoms with Crippen LogP contribution in [0.3, 0.4) is 0 Å². The fourth-order valence-electron chi connectivity index (χ4n) is 2.66. The first kappa shape index (κ1) is 22.3. The minimum atomic E-state index is -0.860. The number of alkyl carbamates (subject to hydrolysis) is 1. The Bertz CT molecular complexity index is 813. The number of nitrogens with one attached hydrogen (secondary N) is 2.